The summed E-state index contributed by atoms with van der Waals surface area (Å²) in [5.41, 5.74) is 1.87. The third-order valence-electron chi connectivity index (χ3n) is 2.93. The van der Waals surface area contributed by atoms with Crippen LogP contribution in [-0.4, -0.2) is 24.8 Å². The monoisotopic (exact) mass is 300 g/mol. The van der Waals surface area contributed by atoms with Gasteiger partial charge in [-0.05, 0) is 6.07 Å². The van der Waals surface area contributed by atoms with Gasteiger partial charge in [-0.25, -0.2) is 0 Å². The predicted octanol–water partition coefficient (Wildman–Crippen LogP) is 2.10. The van der Waals surface area contributed by atoms with E-state index in [0.29, 0.717) is 25.7 Å². The van der Waals surface area contributed by atoms with E-state index in [9.17, 15) is 0 Å². The minimum absolute atomic E-state index is 0.482. The van der Waals surface area contributed by atoms with Gasteiger partial charge in [-0.3, -0.25) is 4.99 Å². The van der Waals surface area contributed by atoms with E-state index in [0.717, 1.165) is 17.0 Å². The van der Waals surface area contributed by atoms with Crippen molar-refractivity contribution in [3.63, 3.8) is 0 Å². The summed E-state index contributed by atoms with van der Waals surface area (Å²) in [6.07, 6.45) is 3.27. The molecule has 22 heavy (non-hydrogen) atoms. The lowest BCUT2D eigenvalue weighted by molar-refractivity contribution is 0.358. The quantitative estimate of drug-likeness (QED) is 0.465. The molecule has 0 aliphatic carbocycles. The molecule has 0 saturated heterocycles. The molecule has 1 aromatic carbocycles. The zero-order chi connectivity index (χ0) is 15.6. The Morgan fingerprint density at radius 2 is 2.14 bits per heavy atom. The van der Waals surface area contributed by atoms with E-state index in [4.69, 9.17) is 9.26 Å². The number of nitrogens with zero attached hydrogens (tertiary/aromatic N) is 2. The van der Waals surface area contributed by atoms with Gasteiger partial charge in [0.05, 0.1) is 6.54 Å². The SMILES string of the molecule is C=CCOc1ccccc1CNC(=NC)NCc1ccon1. The summed E-state index contributed by atoms with van der Waals surface area (Å²) in [4.78, 5) is 4.17. The van der Waals surface area contributed by atoms with E-state index >= 15 is 0 Å². The average Bonchev–Trinajstić information content (AvgIpc) is 3.07. The zero-order valence-corrected chi connectivity index (χ0v) is 12.6. The van der Waals surface area contributed by atoms with Crippen LogP contribution >= 0.6 is 0 Å². The highest BCUT2D eigenvalue weighted by atomic mass is 16.5. The Labute approximate surface area is 129 Å². The van der Waals surface area contributed by atoms with Gasteiger partial charge in [-0.2, -0.15) is 0 Å². The number of ether oxygens (including phenoxy) is 1. The van der Waals surface area contributed by atoms with Crippen LogP contribution in [0.3, 0.4) is 0 Å². The van der Waals surface area contributed by atoms with Crippen molar-refractivity contribution in [2.75, 3.05) is 13.7 Å². The lowest BCUT2D eigenvalue weighted by Crippen LogP contribution is -2.36. The zero-order valence-electron chi connectivity index (χ0n) is 12.6. The maximum Gasteiger partial charge on any atom is 0.191 e. The van der Waals surface area contributed by atoms with Gasteiger partial charge < -0.3 is 19.9 Å². The smallest absolute Gasteiger partial charge is 0.191 e. The summed E-state index contributed by atoms with van der Waals surface area (Å²) < 4.78 is 10.4. The normalized spacial score (nSPS) is 11.0. The van der Waals surface area contributed by atoms with Crippen molar-refractivity contribution in [1.82, 2.24) is 15.8 Å². The summed E-state index contributed by atoms with van der Waals surface area (Å²) in [6, 6.07) is 9.67. The number of rotatable bonds is 7. The molecule has 0 spiro atoms. The molecule has 6 nitrogen and oxygen atoms in total. The van der Waals surface area contributed by atoms with E-state index in [1.54, 1.807) is 25.5 Å². The Bertz CT molecular complexity index is 608. The molecule has 1 heterocycles. The van der Waals surface area contributed by atoms with Crippen LogP contribution in [0.15, 0.2) is 58.8 Å². The first-order valence-electron chi connectivity index (χ1n) is 6.99. The van der Waals surface area contributed by atoms with Crippen LogP contribution in [0.25, 0.3) is 0 Å². The summed E-state index contributed by atoms with van der Waals surface area (Å²) in [7, 11) is 1.72. The third-order valence-corrected chi connectivity index (χ3v) is 2.93. The molecule has 0 aliphatic rings. The number of benzene rings is 1. The van der Waals surface area contributed by atoms with Crippen LogP contribution in [-0.2, 0) is 13.1 Å². The number of aliphatic imine (C=N–C) groups is 1. The fourth-order valence-electron chi connectivity index (χ4n) is 1.84. The molecule has 2 N–H and O–H groups in total. The molecule has 1 aromatic heterocycles. The highest BCUT2D eigenvalue weighted by Crippen LogP contribution is 2.17. The van der Waals surface area contributed by atoms with Crippen molar-refractivity contribution in [2.24, 2.45) is 4.99 Å². The fourth-order valence-corrected chi connectivity index (χ4v) is 1.84. The Hall–Kier alpha value is -2.76. The maximum atomic E-state index is 5.63. The molecular weight excluding hydrogens is 280 g/mol. The second kappa shape index (κ2) is 8.51. The summed E-state index contributed by atoms with van der Waals surface area (Å²) in [5, 5.41) is 10.2. The van der Waals surface area contributed by atoms with Crippen molar-refractivity contribution in [1.29, 1.82) is 0 Å². The van der Waals surface area contributed by atoms with E-state index in [-0.39, 0.29) is 0 Å². The van der Waals surface area contributed by atoms with Gasteiger partial charge in [0.2, 0.25) is 0 Å². The third kappa shape index (κ3) is 4.66. The van der Waals surface area contributed by atoms with Gasteiger partial charge in [-0.1, -0.05) is 36.0 Å². The lowest BCUT2D eigenvalue weighted by atomic mass is 10.2. The number of hydrogen-bond donors (Lipinski definition) is 2. The van der Waals surface area contributed by atoms with Crippen molar-refractivity contribution in [3.8, 4) is 5.75 Å². The van der Waals surface area contributed by atoms with Gasteiger partial charge in [-0.15, -0.1) is 0 Å². The summed E-state index contributed by atoms with van der Waals surface area (Å²) in [5.74, 6) is 1.52. The van der Waals surface area contributed by atoms with E-state index in [2.05, 4.69) is 27.4 Å². The highest BCUT2D eigenvalue weighted by molar-refractivity contribution is 5.79. The van der Waals surface area contributed by atoms with Crippen LogP contribution in [0.5, 0.6) is 5.75 Å². The molecule has 6 heteroatoms. The van der Waals surface area contributed by atoms with Crippen LogP contribution in [0.2, 0.25) is 0 Å². The predicted molar refractivity (Wildman–Crippen MR) is 85.7 cm³/mol. The van der Waals surface area contributed by atoms with Gasteiger partial charge in [0, 0.05) is 25.2 Å². The first-order valence-corrected chi connectivity index (χ1v) is 6.99. The average molecular weight is 300 g/mol. The molecule has 0 atom stereocenters. The van der Waals surface area contributed by atoms with Crippen LogP contribution in [0.1, 0.15) is 11.3 Å². The molecule has 0 bridgehead atoms. The molecule has 0 amide bonds. The highest BCUT2D eigenvalue weighted by Gasteiger charge is 2.04. The van der Waals surface area contributed by atoms with Gasteiger partial charge in [0.1, 0.15) is 24.3 Å². The molecule has 2 rings (SSSR count). The first kappa shape index (κ1) is 15.6. The van der Waals surface area contributed by atoms with Gasteiger partial charge >= 0.3 is 0 Å². The molecule has 0 radical (unpaired) electrons. The Kier molecular flexibility index (Phi) is 6.04. The second-order valence-electron chi connectivity index (χ2n) is 4.48. The number of aromatic nitrogens is 1. The fraction of sp³-hybridized carbons (Fsp3) is 0.250. The number of para-hydroxylation sites is 1. The summed E-state index contributed by atoms with van der Waals surface area (Å²) in [6.45, 7) is 5.29. The van der Waals surface area contributed by atoms with Crippen molar-refractivity contribution < 1.29 is 9.26 Å². The van der Waals surface area contributed by atoms with Gasteiger partial charge in [0.15, 0.2) is 5.96 Å². The molecular formula is C16H20N4O2. The molecule has 0 unspecified atom stereocenters. The summed E-state index contributed by atoms with van der Waals surface area (Å²) >= 11 is 0. The minimum Gasteiger partial charge on any atom is -0.489 e. The van der Waals surface area contributed by atoms with E-state index in [1.807, 2.05) is 24.3 Å². The largest absolute Gasteiger partial charge is 0.489 e. The Balaban J connectivity index is 1.88. The maximum absolute atomic E-state index is 5.63. The van der Waals surface area contributed by atoms with Crippen LogP contribution < -0.4 is 15.4 Å². The van der Waals surface area contributed by atoms with Gasteiger partial charge in [0.25, 0.3) is 0 Å². The molecule has 0 fully saturated rings. The van der Waals surface area contributed by atoms with Crippen molar-refractivity contribution in [2.45, 2.75) is 13.1 Å². The number of nitrogens with one attached hydrogen (secondary N) is 2. The van der Waals surface area contributed by atoms with Crippen LogP contribution in [0, 0.1) is 0 Å². The second-order valence-corrected chi connectivity index (χ2v) is 4.48. The molecule has 0 saturated carbocycles. The van der Waals surface area contributed by atoms with E-state index in [1.165, 1.54) is 0 Å². The van der Waals surface area contributed by atoms with Crippen molar-refractivity contribution in [3.05, 3.63) is 60.5 Å². The first-order chi connectivity index (χ1) is 10.8. The molecule has 2 aromatic rings. The lowest BCUT2D eigenvalue weighted by Gasteiger charge is -2.13. The number of hydrogen-bond acceptors (Lipinski definition) is 4. The van der Waals surface area contributed by atoms with Crippen molar-refractivity contribution >= 4 is 5.96 Å². The Morgan fingerprint density at radius 3 is 2.86 bits per heavy atom. The molecule has 116 valence electrons. The molecule has 0 aliphatic heterocycles. The standard InChI is InChI=1S/C16H20N4O2/c1-3-9-21-15-7-5-4-6-13(15)11-18-16(17-2)19-12-14-8-10-22-20-14/h3-8,10H,1,9,11-12H2,2H3,(H2,17,18,19). The number of guanidine groups is 1. The topological polar surface area (TPSA) is 71.7 Å². The van der Waals surface area contributed by atoms with E-state index < -0.39 is 0 Å². The minimum atomic E-state index is 0.482. The van der Waals surface area contributed by atoms with Crippen LogP contribution in [0.4, 0.5) is 0 Å². The Morgan fingerprint density at radius 1 is 1.32 bits per heavy atom.